The molecule has 0 bridgehead atoms. The maximum absolute atomic E-state index is 13.8. The van der Waals surface area contributed by atoms with Crippen LogP contribution in [0.5, 0.6) is 11.6 Å². The van der Waals surface area contributed by atoms with Gasteiger partial charge in [-0.25, -0.2) is 19.2 Å². The van der Waals surface area contributed by atoms with E-state index in [2.05, 4.69) is 20.2 Å². The molecule has 9 heteroatoms. The van der Waals surface area contributed by atoms with Crippen molar-refractivity contribution in [2.45, 2.75) is 12.5 Å². The third kappa shape index (κ3) is 4.17. The van der Waals surface area contributed by atoms with E-state index in [4.69, 9.17) is 10.5 Å². The number of urea groups is 1. The predicted molar refractivity (Wildman–Crippen MR) is 95.6 cm³/mol. The number of ether oxygens (including phenoxy) is 1. The van der Waals surface area contributed by atoms with Gasteiger partial charge in [-0.15, -0.1) is 0 Å². The molecular formula is C17H21FN6O2. The fourth-order valence-corrected chi connectivity index (χ4v) is 2.71. The highest BCUT2D eigenvalue weighted by Gasteiger charge is 2.27. The van der Waals surface area contributed by atoms with E-state index in [0.29, 0.717) is 24.8 Å². The number of nitrogen functional groups attached to an aromatic ring is 1. The lowest BCUT2D eigenvalue weighted by molar-refractivity contribution is 0.216. The Morgan fingerprint density at radius 1 is 1.38 bits per heavy atom. The first-order valence-corrected chi connectivity index (χ1v) is 8.19. The molecule has 3 N–H and O–H groups in total. The van der Waals surface area contributed by atoms with E-state index in [9.17, 15) is 9.18 Å². The van der Waals surface area contributed by atoms with Crippen LogP contribution in [0.15, 0.2) is 30.6 Å². The molecule has 1 aliphatic heterocycles. The van der Waals surface area contributed by atoms with Crippen LogP contribution in [0, 0.1) is 5.82 Å². The molecule has 1 aromatic heterocycles. The molecule has 1 aromatic carbocycles. The van der Waals surface area contributed by atoms with Crippen molar-refractivity contribution in [1.82, 2.24) is 19.8 Å². The minimum atomic E-state index is -0.596. The van der Waals surface area contributed by atoms with Crippen LogP contribution in [0.3, 0.4) is 0 Å². The Labute approximate surface area is 150 Å². The molecule has 138 valence electrons. The van der Waals surface area contributed by atoms with Gasteiger partial charge >= 0.3 is 6.03 Å². The van der Waals surface area contributed by atoms with Gasteiger partial charge in [0, 0.05) is 37.0 Å². The van der Waals surface area contributed by atoms with Gasteiger partial charge in [0.25, 0.3) is 0 Å². The van der Waals surface area contributed by atoms with Gasteiger partial charge in [-0.05, 0) is 32.6 Å². The molecule has 1 saturated heterocycles. The molecule has 8 nitrogen and oxygen atoms in total. The summed E-state index contributed by atoms with van der Waals surface area (Å²) in [5.41, 5.74) is 5.81. The normalized spacial score (nSPS) is 16.8. The molecule has 3 rings (SSSR count). The number of anilines is 2. The van der Waals surface area contributed by atoms with Crippen molar-refractivity contribution >= 4 is 17.5 Å². The van der Waals surface area contributed by atoms with Crippen LogP contribution >= 0.6 is 0 Å². The number of likely N-dealkylation sites (N-methyl/N-ethyl adjacent to an activating group) is 1. The van der Waals surface area contributed by atoms with Gasteiger partial charge < -0.3 is 20.3 Å². The Balaban J connectivity index is 1.65. The molecule has 0 spiro atoms. The van der Waals surface area contributed by atoms with Crippen LogP contribution in [0.4, 0.5) is 20.7 Å². The number of nitrogens with zero attached hydrogens (tertiary/aromatic N) is 4. The zero-order valence-corrected chi connectivity index (χ0v) is 14.6. The number of hydrogen-bond acceptors (Lipinski definition) is 6. The van der Waals surface area contributed by atoms with Crippen LogP contribution in [0.25, 0.3) is 0 Å². The van der Waals surface area contributed by atoms with Crippen molar-refractivity contribution in [3.8, 4) is 11.6 Å². The predicted octanol–water partition coefficient (Wildman–Crippen LogP) is 2.16. The van der Waals surface area contributed by atoms with Crippen LogP contribution in [-0.2, 0) is 0 Å². The third-order valence-electron chi connectivity index (χ3n) is 4.23. The van der Waals surface area contributed by atoms with Crippen LogP contribution in [-0.4, -0.2) is 59.0 Å². The van der Waals surface area contributed by atoms with Gasteiger partial charge in [0.2, 0.25) is 5.88 Å². The van der Waals surface area contributed by atoms with Gasteiger partial charge in [-0.1, -0.05) is 0 Å². The molecule has 2 amide bonds. The van der Waals surface area contributed by atoms with Gasteiger partial charge in [0.15, 0.2) is 11.6 Å². The number of rotatable bonds is 4. The number of likely N-dealkylation sites (tertiary alicyclic amines) is 1. The van der Waals surface area contributed by atoms with Crippen molar-refractivity contribution in [3.63, 3.8) is 0 Å². The highest BCUT2D eigenvalue weighted by atomic mass is 19.1. The summed E-state index contributed by atoms with van der Waals surface area (Å²) < 4.78 is 19.2. The summed E-state index contributed by atoms with van der Waals surface area (Å²) in [5.74, 6) is -0.208. The Hall–Kier alpha value is -2.94. The Kier molecular flexibility index (Phi) is 5.17. The maximum atomic E-state index is 13.8. The van der Waals surface area contributed by atoms with E-state index >= 15 is 0 Å². The number of halogens is 1. The first-order chi connectivity index (χ1) is 12.4. The van der Waals surface area contributed by atoms with Crippen molar-refractivity contribution in [2.75, 3.05) is 38.2 Å². The van der Waals surface area contributed by atoms with Crippen molar-refractivity contribution in [1.29, 1.82) is 0 Å². The smallest absolute Gasteiger partial charge is 0.323 e. The third-order valence-corrected chi connectivity index (χ3v) is 4.23. The van der Waals surface area contributed by atoms with Crippen molar-refractivity contribution < 1.29 is 13.9 Å². The minimum absolute atomic E-state index is 0.0106. The van der Waals surface area contributed by atoms with Crippen LogP contribution in [0.2, 0.25) is 0 Å². The largest absolute Gasteiger partial charge is 0.436 e. The minimum Gasteiger partial charge on any atom is -0.436 e. The SMILES string of the molecule is CN(C)[C@H]1CCN(C(=O)Nc2cc(Oc3ccc(N)cc3F)ncn2)C1. The maximum Gasteiger partial charge on any atom is 0.323 e. The molecule has 0 aliphatic carbocycles. The van der Waals surface area contributed by atoms with Gasteiger partial charge in [0.1, 0.15) is 12.1 Å². The van der Waals surface area contributed by atoms with E-state index in [1.165, 1.54) is 24.5 Å². The zero-order valence-electron chi connectivity index (χ0n) is 14.6. The second-order valence-electron chi connectivity index (χ2n) is 6.32. The fourth-order valence-electron chi connectivity index (χ4n) is 2.71. The van der Waals surface area contributed by atoms with Gasteiger partial charge in [-0.2, -0.15) is 0 Å². The van der Waals surface area contributed by atoms with Crippen molar-refractivity contribution in [3.05, 3.63) is 36.4 Å². The Bertz CT molecular complexity index is 801. The molecule has 0 unspecified atom stereocenters. The van der Waals surface area contributed by atoms with E-state index in [-0.39, 0.29) is 23.5 Å². The number of nitrogens with one attached hydrogen (secondary N) is 1. The number of carbonyl (C=O) groups excluding carboxylic acids is 1. The summed E-state index contributed by atoms with van der Waals surface area (Å²) in [4.78, 5) is 24.1. The standard InChI is InChI=1S/C17H21FN6O2/c1-23(2)12-5-6-24(9-12)17(25)22-15-8-16(21-10-20-15)26-14-4-3-11(19)7-13(14)18/h3-4,7-8,10,12H,5-6,9,19H2,1-2H3,(H,20,21,22,25)/t12-/m0/s1. The number of amides is 2. The molecule has 1 fully saturated rings. The second-order valence-corrected chi connectivity index (χ2v) is 6.32. The van der Waals surface area contributed by atoms with Gasteiger partial charge in [0.05, 0.1) is 0 Å². The lowest BCUT2D eigenvalue weighted by Crippen LogP contribution is -2.37. The highest BCUT2D eigenvalue weighted by Crippen LogP contribution is 2.25. The lowest BCUT2D eigenvalue weighted by atomic mass is 10.2. The quantitative estimate of drug-likeness (QED) is 0.811. The van der Waals surface area contributed by atoms with Gasteiger partial charge in [-0.3, -0.25) is 5.32 Å². The zero-order chi connectivity index (χ0) is 18.7. The summed E-state index contributed by atoms with van der Waals surface area (Å²) >= 11 is 0. The monoisotopic (exact) mass is 360 g/mol. The highest BCUT2D eigenvalue weighted by molar-refractivity contribution is 5.88. The summed E-state index contributed by atoms with van der Waals surface area (Å²) in [6.07, 6.45) is 2.17. The first-order valence-electron chi connectivity index (χ1n) is 8.19. The average Bonchev–Trinajstić information content (AvgIpc) is 3.08. The van der Waals surface area contributed by atoms with Crippen molar-refractivity contribution in [2.24, 2.45) is 0 Å². The Morgan fingerprint density at radius 2 is 2.19 bits per heavy atom. The van der Waals surface area contributed by atoms with E-state index in [1.807, 2.05) is 14.1 Å². The average molecular weight is 360 g/mol. The fraction of sp³-hybridized carbons (Fsp3) is 0.353. The molecule has 2 aromatic rings. The van der Waals surface area contributed by atoms with E-state index in [1.54, 1.807) is 4.90 Å². The summed E-state index contributed by atoms with van der Waals surface area (Å²) in [7, 11) is 3.99. The second kappa shape index (κ2) is 7.52. The molecule has 2 heterocycles. The number of carbonyl (C=O) groups is 1. The summed E-state index contributed by atoms with van der Waals surface area (Å²) in [5, 5.41) is 2.72. The molecule has 0 radical (unpaired) electrons. The van der Waals surface area contributed by atoms with E-state index < -0.39 is 5.82 Å². The number of nitrogens with two attached hydrogens (primary N) is 1. The number of aromatic nitrogens is 2. The van der Waals surface area contributed by atoms with Crippen LogP contribution < -0.4 is 15.8 Å². The first kappa shape index (κ1) is 17.9. The number of hydrogen-bond donors (Lipinski definition) is 2. The molecule has 0 saturated carbocycles. The topological polar surface area (TPSA) is 96.6 Å². The molecular weight excluding hydrogens is 339 g/mol. The summed E-state index contributed by atoms with van der Waals surface area (Å²) in [6.45, 7) is 1.34. The molecule has 1 atom stereocenters. The molecule has 26 heavy (non-hydrogen) atoms. The Morgan fingerprint density at radius 3 is 2.88 bits per heavy atom. The lowest BCUT2D eigenvalue weighted by Gasteiger charge is -2.20. The van der Waals surface area contributed by atoms with Crippen LogP contribution in [0.1, 0.15) is 6.42 Å². The summed E-state index contributed by atoms with van der Waals surface area (Å²) in [6, 6.07) is 5.64. The van der Waals surface area contributed by atoms with E-state index in [0.717, 1.165) is 12.5 Å². The molecule has 1 aliphatic rings. The number of benzene rings is 1.